The lowest BCUT2D eigenvalue weighted by molar-refractivity contribution is -0.117. The van der Waals surface area contributed by atoms with Crippen LogP contribution >= 0.6 is 34.8 Å². The van der Waals surface area contributed by atoms with Gasteiger partial charge in [-0.1, -0.05) is 17.7 Å². The van der Waals surface area contributed by atoms with E-state index in [1.165, 1.54) is 12.1 Å². The minimum absolute atomic E-state index is 0.167. The molecule has 0 bridgehead atoms. The maximum Gasteiger partial charge on any atom is 0.259 e. The quantitative estimate of drug-likeness (QED) is 0.183. The summed E-state index contributed by atoms with van der Waals surface area (Å²) in [5, 5.41) is 4.41. The number of anilines is 3. The molecular formula is C24H16Cl3F4N3O3. The van der Waals surface area contributed by atoms with Crippen molar-refractivity contribution in [2.45, 2.75) is 10.3 Å². The summed E-state index contributed by atoms with van der Waals surface area (Å²) >= 11 is 18.4. The van der Waals surface area contributed by atoms with Gasteiger partial charge in [-0.3, -0.25) is 9.59 Å². The third kappa shape index (κ3) is 5.01. The first-order valence-corrected chi connectivity index (χ1v) is 11.6. The maximum atomic E-state index is 14.7. The molecule has 0 radical (unpaired) electrons. The van der Waals surface area contributed by atoms with Crippen molar-refractivity contribution in [2.75, 3.05) is 23.5 Å². The molecule has 37 heavy (non-hydrogen) atoms. The Hall–Kier alpha value is -3.21. The highest BCUT2D eigenvalue weighted by Gasteiger charge is 2.67. The predicted molar refractivity (Wildman–Crippen MR) is 132 cm³/mol. The molecule has 13 heteroatoms. The fourth-order valence-corrected chi connectivity index (χ4v) is 4.91. The van der Waals surface area contributed by atoms with Crippen LogP contribution in [0.4, 0.5) is 34.6 Å². The second-order valence-corrected chi connectivity index (χ2v) is 9.96. The largest absolute Gasteiger partial charge is 0.493 e. The molecule has 3 aromatic rings. The molecule has 0 aromatic heterocycles. The zero-order valence-electron chi connectivity index (χ0n) is 18.6. The van der Waals surface area contributed by atoms with Crippen molar-refractivity contribution in [1.82, 2.24) is 0 Å². The van der Waals surface area contributed by atoms with E-state index in [0.717, 1.165) is 37.4 Å². The number of rotatable bonds is 6. The number of methoxy groups -OCH3 is 1. The molecule has 4 rings (SSSR count). The van der Waals surface area contributed by atoms with E-state index in [2.05, 4.69) is 10.6 Å². The Morgan fingerprint density at radius 1 is 0.973 bits per heavy atom. The van der Waals surface area contributed by atoms with Crippen LogP contribution in [0.5, 0.6) is 5.75 Å². The molecule has 0 saturated heterocycles. The SMILES string of the molecule is COc1c(F)cc(NC(=O)C2C(c3ccc(F)c(Cl)c3)C2(Cl)Cl)cc1C(=O)Nc1ccc(F)c(N)c1F. The van der Waals surface area contributed by atoms with E-state index in [1.54, 1.807) is 0 Å². The van der Waals surface area contributed by atoms with Gasteiger partial charge < -0.3 is 21.1 Å². The van der Waals surface area contributed by atoms with Crippen molar-refractivity contribution in [3.63, 3.8) is 0 Å². The van der Waals surface area contributed by atoms with Gasteiger partial charge in [0, 0.05) is 17.7 Å². The Bertz CT molecular complexity index is 1440. The van der Waals surface area contributed by atoms with E-state index < -0.39 is 73.9 Å². The van der Waals surface area contributed by atoms with Crippen LogP contribution in [0, 0.1) is 29.2 Å². The zero-order chi connectivity index (χ0) is 27.2. The fourth-order valence-electron chi connectivity index (χ4n) is 3.89. The highest BCUT2D eigenvalue weighted by molar-refractivity contribution is 6.53. The van der Waals surface area contributed by atoms with E-state index in [9.17, 15) is 27.2 Å². The molecule has 194 valence electrons. The number of nitrogens with two attached hydrogens (primary N) is 1. The zero-order valence-corrected chi connectivity index (χ0v) is 20.9. The molecule has 2 unspecified atom stereocenters. The van der Waals surface area contributed by atoms with Crippen LogP contribution in [0.1, 0.15) is 21.8 Å². The Balaban J connectivity index is 1.59. The first kappa shape index (κ1) is 26.8. The summed E-state index contributed by atoms with van der Waals surface area (Å²) in [5.74, 6) is -7.95. The van der Waals surface area contributed by atoms with Gasteiger partial charge in [-0.05, 0) is 35.9 Å². The van der Waals surface area contributed by atoms with Gasteiger partial charge in [0.1, 0.15) is 21.7 Å². The maximum absolute atomic E-state index is 14.7. The Morgan fingerprint density at radius 2 is 1.65 bits per heavy atom. The van der Waals surface area contributed by atoms with Gasteiger partial charge in [0.25, 0.3) is 5.91 Å². The van der Waals surface area contributed by atoms with Gasteiger partial charge >= 0.3 is 0 Å². The van der Waals surface area contributed by atoms with Gasteiger partial charge in [0.05, 0.1) is 29.3 Å². The number of carbonyl (C=O) groups is 2. The molecule has 0 spiro atoms. The number of hydrogen-bond acceptors (Lipinski definition) is 4. The molecule has 1 fully saturated rings. The van der Waals surface area contributed by atoms with Gasteiger partial charge in [0.2, 0.25) is 5.91 Å². The number of hydrogen-bond donors (Lipinski definition) is 3. The Morgan fingerprint density at radius 3 is 2.30 bits per heavy atom. The van der Waals surface area contributed by atoms with Crippen molar-refractivity contribution >= 4 is 63.7 Å². The van der Waals surface area contributed by atoms with E-state index >= 15 is 0 Å². The predicted octanol–water partition coefficient (Wildman–Crippen LogP) is 6.27. The summed E-state index contributed by atoms with van der Waals surface area (Å²) in [4.78, 5) is 25.8. The molecule has 2 amide bonds. The summed E-state index contributed by atoms with van der Waals surface area (Å²) in [6, 6.07) is 7.53. The molecule has 2 atom stereocenters. The van der Waals surface area contributed by atoms with Crippen LogP contribution in [0.3, 0.4) is 0 Å². The Kier molecular flexibility index (Phi) is 7.20. The van der Waals surface area contributed by atoms with Crippen molar-refractivity contribution < 1.29 is 31.9 Å². The lowest BCUT2D eigenvalue weighted by atomic mass is 10.1. The minimum atomic E-state index is -1.56. The van der Waals surface area contributed by atoms with Crippen molar-refractivity contribution in [1.29, 1.82) is 0 Å². The lowest BCUT2D eigenvalue weighted by Crippen LogP contribution is -2.19. The molecule has 0 aliphatic heterocycles. The molecule has 1 aliphatic carbocycles. The van der Waals surface area contributed by atoms with E-state index in [4.69, 9.17) is 45.3 Å². The Labute approximate surface area is 222 Å². The topological polar surface area (TPSA) is 93.4 Å². The van der Waals surface area contributed by atoms with Crippen LogP contribution in [-0.4, -0.2) is 23.3 Å². The normalized spacial score (nSPS) is 17.7. The lowest BCUT2D eigenvalue weighted by Gasteiger charge is -2.14. The molecule has 1 aliphatic rings. The number of halogens is 7. The summed E-state index contributed by atoms with van der Waals surface area (Å²) in [6.45, 7) is 0. The van der Waals surface area contributed by atoms with Crippen LogP contribution in [0.25, 0.3) is 0 Å². The first-order chi connectivity index (χ1) is 17.4. The van der Waals surface area contributed by atoms with Crippen LogP contribution in [0.2, 0.25) is 5.02 Å². The third-order valence-corrected chi connectivity index (χ3v) is 7.00. The number of ether oxygens (including phenoxy) is 1. The van der Waals surface area contributed by atoms with Crippen LogP contribution in [0.15, 0.2) is 42.5 Å². The average molecular weight is 577 g/mol. The minimum Gasteiger partial charge on any atom is -0.493 e. The number of nitrogens with one attached hydrogen (secondary N) is 2. The highest BCUT2D eigenvalue weighted by atomic mass is 35.5. The van der Waals surface area contributed by atoms with E-state index in [-0.39, 0.29) is 10.7 Å². The van der Waals surface area contributed by atoms with Gasteiger partial charge in [-0.25, -0.2) is 17.6 Å². The van der Waals surface area contributed by atoms with Gasteiger partial charge in [0.15, 0.2) is 17.4 Å². The summed E-state index contributed by atoms with van der Waals surface area (Å²) in [5.41, 5.74) is 3.85. The molecule has 0 heterocycles. The van der Waals surface area contributed by atoms with E-state index in [1.807, 2.05) is 0 Å². The summed E-state index contributed by atoms with van der Waals surface area (Å²) < 4.78 is 59.3. The van der Waals surface area contributed by atoms with Crippen LogP contribution in [-0.2, 0) is 4.79 Å². The standard InChI is InChI=1S/C24H16Cl3F4N3O3/c1-37-21-11(22(35)34-16-5-4-14(29)20(32)19(16)31)7-10(8-15(21)30)33-23(36)18-17(24(18,26)27)9-2-3-13(28)12(25)6-9/h2-8,17-18H,32H2,1H3,(H,33,36)(H,34,35). The number of amides is 2. The van der Waals surface area contributed by atoms with E-state index in [0.29, 0.717) is 5.56 Å². The fraction of sp³-hybridized carbons (Fsp3) is 0.167. The number of nitrogen functional groups attached to an aromatic ring is 1. The molecular weight excluding hydrogens is 561 g/mol. The second kappa shape index (κ2) is 9.92. The summed E-state index contributed by atoms with van der Waals surface area (Å²) in [7, 11) is 1.10. The van der Waals surface area contributed by atoms with Crippen molar-refractivity contribution in [3.05, 3.63) is 81.9 Å². The number of carbonyl (C=O) groups excluding carboxylic acids is 2. The van der Waals surface area contributed by atoms with Gasteiger partial charge in [-0.15, -0.1) is 23.2 Å². The number of benzene rings is 3. The molecule has 1 saturated carbocycles. The smallest absolute Gasteiger partial charge is 0.259 e. The molecule has 6 nitrogen and oxygen atoms in total. The summed E-state index contributed by atoms with van der Waals surface area (Å²) in [6.07, 6.45) is 0. The van der Waals surface area contributed by atoms with Crippen LogP contribution < -0.4 is 21.1 Å². The molecule has 3 aromatic carbocycles. The first-order valence-electron chi connectivity index (χ1n) is 10.4. The average Bonchev–Trinajstić information content (AvgIpc) is 3.42. The second-order valence-electron chi connectivity index (χ2n) is 8.11. The molecule has 4 N–H and O–H groups in total. The monoisotopic (exact) mass is 575 g/mol. The van der Waals surface area contributed by atoms with Crippen molar-refractivity contribution in [3.8, 4) is 5.75 Å². The van der Waals surface area contributed by atoms with Gasteiger partial charge in [-0.2, -0.15) is 0 Å². The third-order valence-electron chi connectivity index (χ3n) is 5.77. The highest BCUT2D eigenvalue weighted by Crippen LogP contribution is 2.65. The van der Waals surface area contributed by atoms with Crippen molar-refractivity contribution in [2.24, 2.45) is 5.92 Å². The number of alkyl halides is 2.